The molecule has 7 heteroatoms. The summed E-state index contributed by atoms with van der Waals surface area (Å²) < 4.78 is 22.7. The Balaban J connectivity index is 1.57. The minimum Gasteiger partial charge on any atom is -0.472 e. The van der Waals surface area contributed by atoms with Gasteiger partial charge in [0.25, 0.3) is 0 Å². The van der Waals surface area contributed by atoms with Gasteiger partial charge in [-0.1, -0.05) is 13.0 Å². The van der Waals surface area contributed by atoms with Crippen molar-refractivity contribution in [1.82, 2.24) is 0 Å². The second kappa shape index (κ2) is 8.18. The Kier molecular flexibility index (Phi) is 5.82. The summed E-state index contributed by atoms with van der Waals surface area (Å²) in [6.07, 6.45) is 5.76. The molecule has 0 aromatic carbocycles. The number of allylic oxidation sites excluding steroid dienone is 1. The topological polar surface area (TPSA) is 95.3 Å². The van der Waals surface area contributed by atoms with Gasteiger partial charge in [0.1, 0.15) is 23.6 Å². The summed E-state index contributed by atoms with van der Waals surface area (Å²) in [4.78, 5) is 38.6. The highest BCUT2D eigenvalue weighted by molar-refractivity contribution is 5.91. The molecule has 1 aliphatic carbocycles. The molecule has 7 atom stereocenters. The van der Waals surface area contributed by atoms with Crippen LogP contribution in [0.2, 0.25) is 0 Å². The summed E-state index contributed by atoms with van der Waals surface area (Å²) in [5.74, 6) is -1.19. The first-order valence-electron chi connectivity index (χ1n) is 11.4. The lowest BCUT2D eigenvalue weighted by molar-refractivity contribution is -0.163. The zero-order chi connectivity index (χ0) is 23.3. The number of ketones is 1. The molecule has 1 aromatic rings. The summed E-state index contributed by atoms with van der Waals surface area (Å²) in [6.45, 7) is 9.20. The molecule has 3 fully saturated rings. The molecule has 2 saturated heterocycles. The van der Waals surface area contributed by atoms with Gasteiger partial charge in [-0.15, -0.1) is 0 Å². The van der Waals surface area contributed by atoms with Crippen molar-refractivity contribution in [3.8, 4) is 0 Å². The predicted octanol–water partition coefficient (Wildman–Crippen LogP) is 4.31. The van der Waals surface area contributed by atoms with Crippen molar-refractivity contribution in [2.24, 2.45) is 17.3 Å². The molecule has 0 spiro atoms. The average Bonchev–Trinajstić information content (AvgIpc) is 3.12. The maximum Gasteiger partial charge on any atom is 0.333 e. The number of hydrogen-bond donors (Lipinski definition) is 0. The van der Waals surface area contributed by atoms with E-state index in [9.17, 15) is 14.4 Å². The molecule has 174 valence electrons. The number of Topliss-reactive ketones (excluding diaryl/α,β-unsaturated/α-hetero) is 1. The lowest BCUT2D eigenvalue weighted by atomic mass is 9.62. The number of carbonyl (C=O) groups excluding carboxylic acids is 3. The van der Waals surface area contributed by atoms with E-state index in [4.69, 9.17) is 18.6 Å². The van der Waals surface area contributed by atoms with Crippen LogP contribution in [0.3, 0.4) is 0 Å². The lowest BCUT2D eigenvalue weighted by Gasteiger charge is -2.42. The zero-order valence-electron chi connectivity index (χ0n) is 19.4. The van der Waals surface area contributed by atoms with Crippen LogP contribution in [0.1, 0.15) is 72.0 Å². The predicted molar refractivity (Wildman–Crippen MR) is 114 cm³/mol. The summed E-state index contributed by atoms with van der Waals surface area (Å²) >= 11 is 0. The van der Waals surface area contributed by atoms with Crippen molar-refractivity contribution in [2.45, 2.75) is 84.2 Å². The van der Waals surface area contributed by atoms with Crippen LogP contribution in [-0.2, 0) is 28.6 Å². The number of fused-ring (bicyclic) bond motifs is 1. The molecule has 0 N–H and O–H groups in total. The molecular formula is C25H32O7. The molecule has 2 aliphatic heterocycles. The van der Waals surface area contributed by atoms with Gasteiger partial charge in [0, 0.05) is 24.0 Å². The molecular weight excluding hydrogens is 412 g/mol. The minimum absolute atomic E-state index is 0.00793. The van der Waals surface area contributed by atoms with Gasteiger partial charge in [-0.25, -0.2) is 4.79 Å². The number of rotatable bonds is 7. The average molecular weight is 445 g/mol. The van der Waals surface area contributed by atoms with Crippen LogP contribution in [0, 0.1) is 17.3 Å². The van der Waals surface area contributed by atoms with Crippen LogP contribution in [0.4, 0.5) is 0 Å². The van der Waals surface area contributed by atoms with Crippen LogP contribution in [0.5, 0.6) is 0 Å². The van der Waals surface area contributed by atoms with Crippen molar-refractivity contribution in [1.29, 1.82) is 0 Å². The van der Waals surface area contributed by atoms with E-state index in [1.54, 1.807) is 38.5 Å². The summed E-state index contributed by atoms with van der Waals surface area (Å²) in [7, 11) is 0. The highest BCUT2D eigenvalue weighted by Gasteiger charge is 2.72. The fraction of sp³-hybridized carbons (Fsp3) is 0.640. The third-order valence-corrected chi connectivity index (χ3v) is 8.05. The highest BCUT2D eigenvalue weighted by atomic mass is 16.6. The standard InChI is InChI=1S/C25H32O7/c1-6-14(2)22(27)31-21(24(4)19(26)7-8-20-25(24,5)32-20)11-15(3)17-12-18(30-23(17)28)16-9-10-29-13-16/h6,9-10,13,15,17-18,20-21H,7-8,11-12H2,1-5H3/b14-6-. The van der Waals surface area contributed by atoms with Gasteiger partial charge in [0.15, 0.2) is 0 Å². The molecule has 7 unspecified atom stereocenters. The van der Waals surface area contributed by atoms with Crippen molar-refractivity contribution < 1.29 is 33.0 Å². The normalized spacial score (nSPS) is 36.3. The molecule has 0 amide bonds. The minimum atomic E-state index is -0.972. The van der Waals surface area contributed by atoms with E-state index in [2.05, 4.69) is 0 Å². The molecule has 3 aliphatic rings. The largest absolute Gasteiger partial charge is 0.472 e. The van der Waals surface area contributed by atoms with E-state index in [0.29, 0.717) is 31.3 Å². The fourth-order valence-electron chi connectivity index (χ4n) is 5.32. The van der Waals surface area contributed by atoms with Gasteiger partial charge in [-0.05, 0) is 52.5 Å². The number of cyclic esters (lactones) is 1. The van der Waals surface area contributed by atoms with Crippen LogP contribution in [0.15, 0.2) is 34.7 Å². The molecule has 0 radical (unpaired) electrons. The quantitative estimate of drug-likeness (QED) is 0.351. The highest BCUT2D eigenvalue weighted by Crippen LogP contribution is 2.59. The summed E-state index contributed by atoms with van der Waals surface area (Å²) in [5, 5.41) is 0. The summed E-state index contributed by atoms with van der Waals surface area (Å²) in [5.41, 5.74) is -0.323. The monoisotopic (exact) mass is 444 g/mol. The Labute approximate surface area is 188 Å². The van der Waals surface area contributed by atoms with Crippen molar-refractivity contribution >= 4 is 17.7 Å². The second-order valence-electron chi connectivity index (χ2n) is 9.78. The Morgan fingerprint density at radius 1 is 1.34 bits per heavy atom. The Morgan fingerprint density at radius 2 is 2.09 bits per heavy atom. The van der Waals surface area contributed by atoms with Gasteiger partial charge < -0.3 is 18.6 Å². The first-order valence-corrected chi connectivity index (χ1v) is 11.4. The van der Waals surface area contributed by atoms with E-state index in [0.717, 1.165) is 5.56 Å². The van der Waals surface area contributed by atoms with Gasteiger partial charge in [0.2, 0.25) is 0 Å². The number of esters is 2. The second-order valence-corrected chi connectivity index (χ2v) is 9.78. The molecule has 0 bridgehead atoms. The van der Waals surface area contributed by atoms with Crippen LogP contribution < -0.4 is 0 Å². The zero-order valence-corrected chi connectivity index (χ0v) is 19.4. The Bertz CT molecular complexity index is 932. The molecule has 1 saturated carbocycles. The van der Waals surface area contributed by atoms with E-state index in [-0.39, 0.29) is 35.8 Å². The summed E-state index contributed by atoms with van der Waals surface area (Å²) in [6, 6.07) is 1.79. The third kappa shape index (κ3) is 3.60. The number of ether oxygens (including phenoxy) is 3. The Morgan fingerprint density at radius 3 is 2.75 bits per heavy atom. The van der Waals surface area contributed by atoms with E-state index >= 15 is 0 Å². The number of hydrogen-bond acceptors (Lipinski definition) is 7. The smallest absolute Gasteiger partial charge is 0.333 e. The molecule has 1 aromatic heterocycles. The van der Waals surface area contributed by atoms with Gasteiger partial charge in [0.05, 0.1) is 30.0 Å². The third-order valence-electron chi connectivity index (χ3n) is 8.05. The maximum atomic E-state index is 13.2. The molecule has 4 rings (SSSR count). The van der Waals surface area contributed by atoms with Gasteiger partial charge in [-0.3, -0.25) is 9.59 Å². The number of carbonyl (C=O) groups is 3. The lowest BCUT2D eigenvalue weighted by Crippen LogP contribution is -2.55. The Hall–Kier alpha value is -2.41. The fourth-order valence-corrected chi connectivity index (χ4v) is 5.32. The molecule has 3 heterocycles. The SMILES string of the molecule is C/C=C(/C)C(=O)OC(CC(C)C1CC(c2ccoc2)OC1=O)C1(C)C(=O)CCC2OC21C. The van der Waals surface area contributed by atoms with Crippen LogP contribution >= 0.6 is 0 Å². The van der Waals surface area contributed by atoms with Crippen molar-refractivity contribution in [3.05, 3.63) is 35.8 Å². The van der Waals surface area contributed by atoms with E-state index in [1.807, 2.05) is 20.8 Å². The van der Waals surface area contributed by atoms with Gasteiger partial charge >= 0.3 is 11.9 Å². The van der Waals surface area contributed by atoms with Crippen molar-refractivity contribution in [3.63, 3.8) is 0 Å². The first-order chi connectivity index (χ1) is 15.1. The van der Waals surface area contributed by atoms with Crippen LogP contribution in [0.25, 0.3) is 0 Å². The first kappa shape index (κ1) is 22.8. The van der Waals surface area contributed by atoms with Crippen molar-refractivity contribution in [2.75, 3.05) is 0 Å². The van der Waals surface area contributed by atoms with Crippen LogP contribution in [-0.4, -0.2) is 35.5 Å². The number of furan rings is 1. The molecule has 7 nitrogen and oxygen atoms in total. The maximum absolute atomic E-state index is 13.2. The van der Waals surface area contributed by atoms with Gasteiger partial charge in [-0.2, -0.15) is 0 Å². The van der Waals surface area contributed by atoms with E-state index < -0.39 is 23.1 Å². The number of epoxide rings is 1. The molecule has 32 heavy (non-hydrogen) atoms. The van der Waals surface area contributed by atoms with E-state index in [1.165, 1.54) is 0 Å².